The lowest BCUT2D eigenvalue weighted by Gasteiger charge is -2.24. The number of furan rings is 1. The molecule has 0 unspecified atom stereocenters. The van der Waals surface area contributed by atoms with Crippen LogP contribution in [0.15, 0.2) is 39.7 Å². The molecule has 0 amide bonds. The van der Waals surface area contributed by atoms with E-state index in [1.165, 1.54) is 0 Å². The number of nitrogens with one attached hydrogen (secondary N) is 2. The highest BCUT2D eigenvalue weighted by Crippen LogP contribution is 2.18. The molecule has 0 bridgehead atoms. The second kappa shape index (κ2) is 8.38. The van der Waals surface area contributed by atoms with E-state index in [-0.39, 0.29) is 29.6 Å². The number of hydrogen-bond acceptors (Lipinski definition) is 3. The molecule has 2 N–H and O–H groups in total. The lowest BCUT2D eigenvalue weighted by Crippen LogP contribution is -2.45. The monoisotopic (exact) mass is 417 g/mol. The lowest BCUT2D eigenvalue weighted by atomic mass is 10.1. The van der Waals surface area contributed by atoms with Crippen LogP contribution in [0.1, 0.15) is 19.6 Å². The van der Waals surface area contributed by atoms with Crippen molar-refractivity contribution < 1.29 is 9.15 Å². The largest absolute Gasteiger partial charge is 0.459 e. The lowest BCUT2D eigenvalue weighted by molar-refractivity contribution is 0.0268. The number of benzene rings is 1. The van der Waals surface area contributed by atoms with E-state index in [9.17, 15) is 0 Å². The number of ether oxygens (including phenoxy) is 1. The van der Waals surface area contributed by atoms with Gasteiger partial charge in [-0.05, 0) is 26.0 Å². The second-order valence-corrected chi connectivity index (χ2v) is 5.49. The topological polar surface area (TPSA) is 58.8 Å². The standard InChI is InChI=1S/C16H23N3O2.HI/c1-16(2,20-4)11-19-15(17-3)18-10-13-9-12-7-5-6-8-14(12)21-13;/h5-9H,10-11H2,1-4H3,(H2,17,18,19);1H. The minimum absolute atomic E-state index is 0. The number of nitrogens with zero attached hydrogens (tertiary/aromatic N) is 1. The molecule has 122 valence electrons. The summed E-state index contributed by atoms with van der Waals surface area (Å²) in [6.07, 6.45) is 0. The summed E-state index contributed by atoms with van der Waals surface area (Å²) < 4.78 is 11.1. The first-order chi connectivity index (χ1) is 10.0. The molecule has 0 fully saturated rings. The highest BCUT2D eigenvalue weighted by atomic mass is 127. The number of para-hydroxylation sites is 1. The Kier molecular flexibility index (Phi) is 7.15. The number of fused-ring (bicyclic) bond motifs is 1. The van der Waals surface area contributed by atoms with E-state index in [2.05, 4.69) is 15.6 Å². The summed E-state index contributed by atoms with van der Waals surface area (Å²) in [5, 5.41) is 7.58. The normalized spacial score (nSPS) is 12.1. The number of methoxy groups -OCH3 is 1. The Morgan fingerprint density at radius 1 is 1.27 bits per heavy atom. The van der Waals surface area contributed by atoms with Crippen LogP contribution < -0.4 is 10.6 Å². The van der Waals surface area contributed by atoms with Crippen LogP contribution in [0.4, 0.5) is 0 Å². The molecule has 0 saturated heterocycles. The first-order valence-electron chi connectivity index (χ1n) is 7.01. The Morgan fingerprint density at radius 2 is 2.00 bits per heavy atom. The minimum atomic E-state index is -0.239. The molecule has 0 aliphatic carbocycles. The van der Waals surface area contributed by atoms with Gasteiger partial charge in [0.05, 0.1) is 12.1 Å². The van der Waals surface area contributed by atoms with Crippen molar-refractivity contribution in [2.24, 2.45) is 4.99 Å². The van der Waals surface area contributed by atoms with Crippen molar-refractivity contribution in [2.75, 3.05) is 20.7 Å². The molecule has 2 aromatic rings. The summed E-state index contributed by atoms with van der Waals surface area (Å²) in [5.74, 6) is 1.60. The number of rotatable bonds is 5. The van der Waals surface area contributed by atoms with Gasteiger partial charge >= 0.3 is 0 Å². The molecule has 0 radical (unpaired) electrons. The molecule has 6 heteroatoms. The van der Waals surface area contributed by atoms with Gasteiger partial charge in [0.15, 0.2) is 5.96 Å². The van der Waals surface area contributed by atoms with Gasteiger partial charge in [0, 0.05) is 26.1 Å². The fourth-order valence-corrected chi connectivity index (χ4v) is 1.88. The summed E-state index contributed by atoms with van der Waals surface area (Å²) in [5.41, 5.74) is 0.662. The maximum Gasteiger partial charge on any atom is 0.191 e. The van der Waals surface area contributed by atoms with E-state index in [1.807, 2.05) is 44.2 Å². The van der Waals surface area contributed by atoms with Gasteiger partial charge in [0.1, 0.15) is 11.3 Å². The van der Waals surface area contributed by atoms with Crippen LogP contribution in [-0.2, 0) is 11.3 Å². The maximum absolute atomic E-state index is 5.76. The first-order valence-corrected chi connectivity index (χ1v) is 7.01. The van der Waals surface area contributed by atoms with E-state index in [0.29, 0.717) is 13.1 Å². The molecular formula is C16H24IN3O2. The molecule has 0 aliphatic rings. The minimum Gasteiger partial charge on any atom is -0.459 e. The van der Waals surface area contributed by atoms with Gasteiger partial charge in [0.2, 0.25) is 0 Å². The summed E-state index contributed by atoms with van der Waals surface area (Å²) in [6.45, 7) is 5.30. The van der Waals surface area contributed by atoms with Crippen molar-refractivity contribution in [1.82, 2.24) is 10.6 Å². The molecule has 1 aromatic heterocycles. The van der Waals surface area contributed by atoms with Crippen molar-refractivity contribution >= 4 is 40.9 Å². The summed E-state index contributed by atoms with van der Waals surface area (Å²) in [6, 6.07) is 10.0. The van der Waals surface area contributed by atoms with Crippen molar-refractivity contribution in [2.45, 2.75) is 26.0 Å². The fourth-order valence-electron chi connectivity index (χ4n) is 1.88. The van der Waals surface area contributed by atoms with E-state index in [0.717, 1.165) is 22.7 Å². The smallest absolute Gasteiger partial charge is 0.191 e. The van der Waals surface area contributed by atoms with Crippen LogP contribution in [0.3, 0.4) is 0 Å². The average molecular weight is 417 g/mol. The molecule has 5 nitrogen and oxygen atoms in total. The Labute approximate surface area is 148 Å². The third kappa shape index (κ3) is 5.17. The SMILES string of the molecule is CN=C(NCc1cc2ccccc2o1)NCC(C)(C)OC.I. The van der Waals surface area contributed by atoms with Crippen molar-refractivity contribution in [3.8, 4) is 0 Å². The zero-order valence-corrected chi connectivity index (χ0v) is 15.8. The number of guanidine groups is 1. The average Bonchev–Trinajstić information content (AvgIpc) is 2.90. The summed E-state index contributed by atoms with van der Waals surface area (Å²) >= 11 is 0. The molecule has 0 saturated carbocycles. The van der Waals surface area contributed by atoms with Gasteiger partial charge in [-0.2, -0.15) is 0 Å². The van der Waals surface area contributed by atoms with Crippen molar-refractivity contribution in [1.29, 1.82) is 0 Å². The van der Waals surface area contributed by atoms with E-state index < -0.39 is 0 Å². The van der Waals surface area contributed by atoms with Gasteiger partial charge in [-0.25, -0.2) is 0 Å². The third-order valence-corrected chi connectivity index (χ3v) is 3.36. The molecule has 0 spiro atoms. The Hall–Kier alpha value is -1.28. The fraction of sp³-hybridized carbons (Fsp3) is 0.438. The molecule has 0 aliphatic heterocycles. The van der Waals surface area contributed by atoms with E-state index >= 15 is 0 Å². The van der Waals surface area contributed by atoms with Crippen molar-refractivity contribution in [3.63, 3.8) is 0 Å². The highest BCUT2D eigenvalue weighted by Gasteiger charge is 2.16. The molecule has 0 atom stereocenters. The molecule has 2 rings (SSSR count). The quantitative estimate of drug-likeness (QED) is 0.446. The van der Waals surface area contributed by atoms with E-state index in [1.54, 1.807) is 14.2 Å². The Morgan fingerprint density at radius 3 is 2.64 bits per heavy atom. The van der Waals surface area contributed by atoms with Crippen LogP contribution in [0.5, 0.6) is 0 Å². The Bertz CT molecular complexity index is 590. The van der Waals surface area contributed by atoms with Gasteiger partial charge in [-0.15, -0.1) is 24.0 Å². The highest BCUT2D eigenvalue weighted by molar-refractivity contribution is 14.0. The van der Waals surface area contributed by atoms with Crippen molar-refractivity contribution in [3.05, 3.63) is 36.1 Å². The zero-order chi connectivity index (χ0) is 15.3. The zero-order valence-electron chi connectivity index (χ0n) is 13.5. The predicted octanol–water partition coefficient (Wildman–Crippen LogP) is 3.14. The molecular weight excluding hydrogens is 393 g/mol. The van der Waals surface area contributed by atoms with Gasteiger partial charge in [0.25, 0.3) is 0 Å². The number of hydrogen-bond donors (Lipinski definition) is 2. The van der Waals surface area contributed by atoms with Crippen LogP contribution in [-0.4, -0.2) is 32.3 Å². The van der Waals surface area contributed by atoms with Gasteiger partial charge in [-0.3, -0.25) is 4.99 Å². The molecule has 22 heavy (non-hydrogen) atoms. The summed E-state index contributed by atoms with van der Waals surface area (Å²) in [4.78, 5) is 4.19. The third-order valence-electron chi connectivity index (χ3n) is 3.36. The van der Waals surface area contributed by atoms with E-state index in [4.69, 9.17) is 9.15 Å². The predicted molar refractivity (Wildman–Crippen MR) is 101 cm³/mol. The summed E-state index contributed by atoms with van der Waals surface area (Å²) in [7, 11) is 3.44. The van der Waals surface area contributed by atoms with Gasteiger partial charge in [-0.1, -0.05) is 18.2 Å². The first kappa shape index (κ1) is 18.8. The molecule has 1 aromatic carbocycles. The maximum atomic E-state index is 5.76. The Balaban J connectivity index is 0.00000242. The van der Waals surface area contributed by atoms with Crippen LogP contribution in [0, 0.1) is 0 Å². The second-order valence-electron chi connectivity index (χ2n) is 5.49. The molecule has 1 heterocycles. The van der Waals surface area contributed by atoms with Crippen LogP contribution in [0.25, 0.3) is 11.0 Å². The van der Waals surface area contributed by atoms with Crippen LogP contribution in [0.2, 0.25) is 0 Å². The van der Waals surface area contributed by atoms with Crippen LogP contribution >= 0.6 is 24.0 Å². The van der Waals surface area contributed by atoms with Gasteiger partial charge < -0.3 is 19.8 Å². The number of halogens is 1. The number of aliphatic imine (C=N–C) groups is 1.